The van der Waals surface area contributed by atoms with E-state index in [0.29, 0.717) is 23.1 Å². The summed E-state index contributed by atoms with van der Waals surface area (Å²) in [5.74, 6) is 0.518. The summed E-state index contributed by atoms with van der Waals surface area (Å²) in [5, 5.41) is 0.807. The largest absolute Gasteiger partial charge is 0.496 e. The summed E-state index contributed by atoms with van der Waals surface area (Å²) in [4.78, 5) is 26.7. The molecule has 30 heavy (non-hydrogen) atoms. The molecule has 0 aliphatic heterocycles. The van der Waals surface area contributed by atoms with Crippen LogP contribution in [0.3, 0.4) is 0 Å². The van der Waals surface area contributed by atoms with Gasteiger partial charge in [0.05, 0.1) is 31.3 Å². The van der Waals surface area contributed by atoms with Gasteiger partial charge in [-0.25, -0.2) is 4.98 Å². The lowest BCUT2D eigenvalue weighted by atomic mass is 10.1. The average molecular weight is 433 g/mol. The van der Waals surface area contributed by atoms with Crippen LogP contribution in [0.1, 0.15) is 22.4 Å². The number of rotatable bonds is 7. The van der Waals surface area contributed by atoms with E-state index in [1.165, 1.54) is 0 Å². The number of carbonyl (C=O) groups excluding carboxylic acids is 1. The maximum Gasteiger partial charge on any atom is 0.320 e. The zero-order valence-corrected chi connectivity index (χ0v) is 18.4. The van der Waals surface area contributed by atoms with Crippen LogP contribution < -0.4 is 10.5 Å². The SMILES string of the molecule is COc1c(C)cnc(Cn2cc(COC(=O)CN(C)C)c3c(Cl)nc(N)nc32)c1C. The second-order valence-corrected chi connectivity index (χ2v) is 7.66. The van der Waals surface area contributed by atoms with E-state index in [-0.39, 0.29) is 30.2 Å². The molecular weight excluding hydrogens is 408 g/mol. The first-order chi connectivity index (χ1) is 14.2. The van der Waals surface area contributed by atoms with Crippen LogP contribution >= 0.6 is 11.6 Å². The molecule has 0 aliphatic rings. The zero-order chi connectivity index (χ0) is 22.0. The Morgan fingerprint density at radius 1 is 1.30 bits per heavy atom. The second-order valence-electron chi connectivity index (χ2n) is 7.30. The van der Waals surface area contributed by atoms with Gasteiger partial charge < -0.3 is 19.8 Å². The van der Waals surface area contributed by atoms with Crippen LogP contribution in [0, 0.1) is 13.8 Å². The van der Waals surface area contributed by atoms with Crippen LogP contribution in [0.5, 0.6) is 5.75 Å². The number of anilines is 1. The number of hydrogen-bond acceptors (Lipinski definition) is 8. The smallest absolute Gasteiger partial charge is 0.320 e. The Morgan fingerprint density at radius 2 is 2.03 bits per heavy atom. The van der Waals surface area contributed by atoms with Crippen molar-refractivity contribution >= 4 is 34.6 Å². The van der Waals surface area contributed by atoms with E-state index in [9.17, 15) is 4.79 Å². The topological polar surface area (TPSA) is 108 Å². The van der Waals surface area contributed by atoms with Gasteiger partial charge in [-0.15, -0.1) is 0 Å². The number of halogens is 1. The Balaban J connectivity index is 2.00. The maximum absolute atomic E-state index is 12.0. The first-order valence-corrected chi connectivity index (χ1v) is 9.69. The fraction of sp³-hybridized carbons (Fsp3) is 0.400. The van der Waals surface area contributed by atoms with Crippen molar-refractivity contribution in [2.75, 3.05) is 33.5 Å². The Hall–Kier alpha value is -2.91. The lowest BCUT2D eigenvalue weighted by molar-refractivity contribution is -0.145. The van der Waals surface area contributed by atoms with E-state index in [4.69, 9.17) is 26.8 Å². The Kier molecular flexibility index (Phi) is 6.42. The molecule has 10 heteroatoms. The minimum Gasteiger partial charge on any atom is -0.496 e. The number of hydrogen-bond donors (Lipinski definition) is 1. The number of likely N-dealkylation sites (N-methyl/N-ethyl adjacent to an activating group) is 1. The molecule has 0 saturated heterocycles. The molecule has 160 valence electrons. The number of pyridine rings is 1. The standard InChI is InChI=1S/C20H25ClN6O3/c1-11-6-23-14(12(2)17(11)29-5)8-27-7-13(10-30-15(28)9-26(3)4)16-18(21)24-20(22)25-19(16)27/h6-7H,8-10H2,1-5H3,(H2,22,24,25). The summed E-state index contributed by atoms with van der Waals surface area (Å²) in [5.41, 5.74) is 9.78. The number of carbonyl (C=O) groups is 1. The minimum absolute atomic E-state index is 0.0484. The summed E-state index contributed by atoms with van der Waals surface area (Å²) >= 11 is 6.35. The molecule has 0 fully saturated rings. The van der Waals surface area contributed by atoms with Crippen molar-refractivity contribution in [1.82, 2.24) is 24.4 Å². The molecule has 3 aromatic rings. The lowest BCUT2D eigenvalue weighted by Gasteiger charge is -2.13. The molecule has 0 radical (unpaired) electrons. The van der Waals surface area contributed by atoms with Gasteiger partial charge in [-0.1, -0.05) is 11.6 Å². The van der Waals surface area contributed by atoms with Gasteiger partial charge in [0.15, 0.2) is 0 Å². The highest BCUT2D eigenvalue weighted by atomic mass is 35.5. The van der Waals surface area contributed by atoms with E-state index < -0.39 is 0 Å². The highest BCUT2D eigenvalue weighted by Crippen LogP contribution is 2.30. The summed E-state index contributed by atoms with van der Waals surface area (Å²) < 4.78 is 12.8. The van der Waals surface area contributed by atoms with Crippen LogP contribution in [0.4, 0.5) is 5.95 Å². The number of nitrogens with zero attached hydrogens (tertiary/aromatic N) is 5. The van der Waals surface area contributed by atoms with Gasteiger partial charge in [0, 0.05) is 29.1 Å². The molecule has 0 atom stereocenters. The Bertz CT molecular complexity index is 1100. The molecule has 0 amide bonds. The Morgan fingerprint density at radius 3 is 2.70 bits per heavy atom. The third-order valence-corrected chi connectivity index (χ3v) is 4.95. The van der Waals surface area contributed by atoms with Crippen molar-refractivity contribution in [3.05, 3.63) is 39.9 Å². The zero-order valence-electron chi connectivity index (χ0n) is 17.7. The predicted octanol–water partition coefficient (Wildman–Crippen LogP) is 2.34. The minimum atomic E-state index is -0.339. The van der Waals surface area contributed by atoms with Crippen LogP contribution in [-0.4, -0.2) is 58.1 Å². The van der Waals surface area contributed by atoms with Gasteiger partial charge in [-0.3, -0.25) is 14.7 Å². The molecule has 3 aromatic heterocycles. The average Bonchev–Trinajstić information content (AvgIpc) is 3.00. The normalized spacial score (nSPS) is 11.3. The van der Waals surface area contributed by atoms with E-state index in [2.05, 4.69) is 15.0 Å². The molecular formula is C20H25ClN6O3. The third-order valence-electron chi connectivity index (χ3n) is 4.67. The molecule has 3 rings (SSSR count). The molecule has 0 unspecified atom stereocenters. The van der Waals surface area contributed by atoms with Gasteiger partial charge in [0.1, 0.15) is 23.2 Å². The van der Waals surface area contributed by atoms with Gasteiger partial charge in [0.25, 0.3) is 0 Å². The summed E-state index contributed by atoms with van der Waals surface area (Å²) in [6.45, 7) is 4.55. The Labute approximate surface area is 179 Å². The van der Waals surface area contributed by atoms with Crippen molar-refractivity contribution in [1.29, 1.82) is 0 Å². The summed E-state index contributed by atoms with van der Waals surface area (Å²) in [7, 11) is 5.23. The van der Waals surface area contributed by atoms with Gasteiger partial charge in [-0.05, 0) is 27.9 Å². The van der Waals surface area contributed by atoms with E-state index >= 15 is 0 Å². The van der Waals surface area contributed by atoms with E-state index in [1.54, 1.807) is 32.3 Å². The monoisotopic (exact) mass is 432 g/mol. The highest BCUT2D eigenvalue weighted by molar-refractivity contribution is 6.34. The van der Waals surface area contributed by atoms with Gasteiger partial charge >= 0.3 is 5.97 Å². The number of methoxy groups -OCH3 is 1. The van der Waals surface area contributed by atoms with Gasteiger partial charge in [0.2, 0.25) is 5.95 Å². The number of aryl methyl sites for hydroxylation is 1. The van der Waals surface area contributed by atoms with Crippen molar-refractivity contribution < 1.29 is 14.3 Å². The van der Waals surface area contributed by atoms with Crippen LogP contribution in [-0.2, 0) is 22.7 Å². The van der Waals surface area contributed by atoms with Crippen molar-refractivity contribution in [3.8, 4) is 5.75 Å². The summed E-state index contributed by atoms with van der Waals surface area (Å²) in [6, 6.07) is 0. The molecule has 0 aliphatic carbocycles. The third kappa shape index (κ3) is 4.47. The first-order valence-electron chi connectivity index (χ1n) is 9.31. The maximum atomic E-state index is 12.0. The molecule has 0 spiro atoms. The fourth-order valence-electron chi connectivity index (χ4n) is 3.32. The van der Waals surface area contributed by atoms with Crippen molar-refractivity contribution in [2.24, 2.45) is 0 Å². The molecule has 0 aromatic carbocycles. The number of esters is 1. The molecule has 2 N–H and O–H groups in total. The van der Waals surface area contributed by atoms with Crippen molar-refractivity contribution in [2.45, 2.75) is 27.0 Å². The number of ether oxygens (including phenoxy) is 2. The predicted molar refractivity (Wildman–Crippen MR) is 115 cm³/mol. The molecule has 0 bridgehead atoms. The fourth-order valence-corrected chi connectivity index (χ4v) is 3.61. The van der Waals surface area contributed by atoms with Gasteiger partial charge in [-0.2, -0.15) is 4.98 Å². The molecule has 3 heterocycles. The first kappa shape index (κ1) is 21.8. The van der Waals surface area contributed by atoms with Crippen LogP contribution in [0.25, 0.3) is 11.0 Å². The summed E-state index contributed by atoms with van der Waals surface area (Å²) in [6.07, 6.45) is 3.61. The van der Waals surface area contributed by atoms with Crippen molar-refractivity contribution in [3.63, 3.8) is 0 Å². The number of nitrogen functional groups attached to an aromatic ring is 1. The number of aromatic nitrogens is 4. The number of nitrogens with two attached hydrogens (primary N) is 1. The lowest BCUT2D eigenvalue weighted by Crippen LogP contribution is -2.23. The van der Waals surface area contributed by atoms with E-state index in [1.807, 2.05) is 24.6 Å². The van der Waals surface area contributed by atoms with Crippen LogP contribution in [0.15, 0.2) is 12.4 Å². The molecule has 0 saturated carbocycles. The second kappa shape index (κ2) is 8.85. The van der Waals surface area contributed by atoms with E-state index in [0.717, 1.165) is 22.6 Å². The van der Waals surface area contributed by atoms with Crippen LogP contribution in [0.2, 0.25) is 5.15 Å². The molecule has 9 nitrogen and oxygen atoms in total. The quantitative estimate of drug-likeness (QED) is 0.447. The number of fused-ring (bicyclic) bond motifs is 1. The highest BCUT2D eigenvalue weighted by Gasteiger charge is 2.19.